The average Bonchev–Trinajstić information content (AvgIpc) is 2.72. The van der Waals surface area contributed by atoms with Crippen molar-refractivity contribution in [1.82, 2.24) is 20.3 Å². The van der Waals surface area contributed by atoms with E-state index in [0.29, 0.717) is 12.1 Å². The van der Waals surface area contributed by atoms with Crippen molar-refractivity contribution < 1.29 is 4.79 Å². The molecule has 1 aromatic carbocycles. The second-order valence-corrected chi connectivity index (χ2v) is 6.32. The standard InChI is InChI=1S/C22H18N4O/c1-15-5-6-20-18(12-15)19(13-21(26-20)16-7-10-23-11-8-16)22(27)25-14-17-4-2-3-9-24-17/h2-13H,14H2,1H3,(H,25,27). The second kappa shape index (κ2) is 7.33. The Morgan fingerprint density at radius 1 is 1.00 bits per heavy atom. The first-order chi connectivity index (χ1) is 13.2. The molecule has 0 saturated heterocycles. The SMILES string of the molecule is Cc1ccc2nc(-c3ccncc3)cc(C(=O)NCc3ccccn3)c2c1. The highest BCUT2D eigenvalue weighted by molar-refractivity contribution is 6.07. The van der Waals surface area contributed by atoms with Crippen molar-refractivity contribution in [3.8, 4) is 11.3 Å². The van der Waals surface area contributed by atoms with Gasteiger partial charge in [-0.05, 0) is 49.4 Å². The van der Waals surface area contributed by atoms with Gasteiger partial charge in [-0.1, -0.05) is 17.7 Å². The molecule has 4 rings (SSSR count). The molecule has 5 heteroatoms. The van der Waals surface area contributed by atoms with Gasteiger partial charge in [0, 0.05) is 29.5 Å². The lowest BCUT2D eigenvalue weighted by atomic mass is 10.0. The molecular formula is C22H18N4O. The number of carbonyl (C=O) groups is 1. The highest BCUT2D eigenvalue weighted by atomic mass is 16.1. The Kier molecular flexibility index (Phi) is 4.58. The van der Waals surface area contributed by atoms with Gasteiger partial charge >= 0.3 is 0 Å². The molecule has 0 atom stereocenters. The zero-order valence-corrected chi connectivity index (χ0v) is 14.9. The maximum Gasteiger partial charge on any atom is 0.252 e. The number of aryl methyl sites for hydroxylation is 1. The van der Waals surface area contributed by atoms with Gasteiger partial charge < -0.3 is 5.32 Å². The Morgan fingerprint density at radius 2 is 1.85 bits per heavy atom. The van der Waals surface area contributed by atoms with Crippen molar-refractivity contribution in [3.63, 3.8) is 0 Å². The number of carbonyl (C=O) groups excluding carboxylic acids is 1. The molecule has 0 aliphatic carbocycles. The highest BCUT2D eigenvalue weighted by Gasteiger charge is 2.14. The number of hydrogen-bond acceptors (Lipinski definition) is 4. The van der Waals surface area contributed by atoms with Crippen LogP contribution in [-0.4, -0.2) is 20.9 Å². The first-order valence-electron chi connectivity index (χ1n) is 8.70. The minimum atomic E-state index is -0.144. The monoisotopic (exact) mass is 354 g/mol. The Bertz CT molecular complexity index is 1100. The van der Waals surface area contributed by atoms with Crippen LogP contribution in [0, 0.1) is 6.92 Å². The summed E-state index contributed by atoms with van der Waals surface area (Å²) < 4.78 is 0. The summed E-state index contributed by atoms with van der Waals surface area (Å²) in [5.41, 5.74) is 4.96. The summed E-state index contributed by atoms with van der Waals surface area (Å²) in [5.74, 6) is -0.144. The summed E-state index contributed by atoms with van der Waals surface area (Å²) in [5, 5.41) is 3.80. The Morgan fingerprint density at radius 3 is 2.63 bits per heavy atom. The van der Waals surface area contributed by atoms with Gasteiger partial charge in [0.1, 0.15) is 0 Å². The minimum Gasteiger partial charge on any atom is -0.346 e. The summed E-state index contributed by atoms with van der Waals surface area (Å²) in [6.45, 7) is 2.38. The Hall–Kier alpha value is -3.60. The molecular weight excluding hydrogens is 336 g/mol. The lowest BCUT2D eigenvalue weighted by Gasteiger charge is -2.11. The van der Waals surface area contributed by atoms with E-state index in [4.69, 9.17) is 4.98 Å². The van der Waals surface area contributed by atoms with Crippen molar-refractivity contribution in [2.45, 2.75) is 13.5 Å². The molecule has 0 saturated carbocycles. The van der Waals surface area contributed by atoms with Crippen LogP contribution in [0.15, 0.2) is 73.2 Å². The van der Waals surface area contributed by atoms with Gasteiger partial charge in [-0.3, -0.25) is 14.8 Å². The summed E-state index contributed by atoms with van der Waals surface area (Å²) in [4.78, 5) is 26.0. The summed E-state index contributed by atoms with van der Waals surface area (Å²) in [7, 11) is 0. The third-order valence-corrected chi connectivity index (χ3v) is 4.34. The van der Waals surface area contributed by atoms with Gasteiger partial charge in [0.25, 0.3) is 5.91 Å². The zero-order chi connectivity index (χ0) is 18.6. The first-order valence-corrected chi connectivity index (χ1v) is 8.70. The van der Waals surface area contributed by atoms with E-state index in [2.05, 4.69) is 15.3 Å². The molecule has 0 unspecified atom stereocenters. The second-order valence-electron chi connectivity index (χ2n) is 6.32. The van der Waals surface area contributed by atoms with E-state index in [0.717, 1.165) is 33.4 Å². The topological polar surface area (TPSA) is 67.8 Å². The maximum absolute atomic E-state index is 12.9. The van der Waals surface area contributed by atoms with Crippen LogP contribution in [0.1, 0.15) is 21.6 Å². The number of nitrogens with one attached hydrogen (secondary N) is 1. The molecule has 0 aliphatic rings. The minimum absolute atomic E-state index is 0.144. The van der Waals surface area contributed by atoms with Gasteiger partial charge in [0.05, 0.1) is 29.0 Å². The van der Waals surface area contributed by atoms with Crippen molar-refractivity contribution in [3.05, 3.63) is 90.0 Å². The predicted molar refractivity (Wildman–Crippen MR) is 105 cm³/mol. The molecule has 0 radical (unpaired) electrons. The van der Waals surface area contributed by atoms with E-state index < -0.39 is 0 Å². The van der Waals surface area contributed by atoms with Crippen LogP contribution in [0.5, 0.6) is 0 Å². The fraction of sp³-hybridized carbons (Fsp3) is 0.0909. The first kappa shape index (κ1) is 16.8. The third kappa shape index (κ3) is 3.67. The molecule has 0 spiro atoms. The maximum atomic E-state index is 12.9. The molecule has 1 N–H and O–H groups in total. The van der Waals surface area contributed by atoms with Crippen LogP contribution in [0.25, 0.3) is 22.2 Å². The van der Waals surface area contributed by atoms with Gasteiger partial charge in [-0.25, -0.2) is 4.98 Å². The smallest absolute Gasteiger partial charge is 0.252 e. The molecule has 4 aromatic rings. The number of fused-ring (bicyclic) bond motifs is 1. The summed E-state index contributed by atoms with van der Waals surface area (Å²) in [6, 6.07) is 17.2. The molecule has 1 amide bonds. The van der Waals surface area contributed by atoms with Crippen molar-refractivity contribution in [1.29, 1.82) is 0 Å². The van der Waals surface area contributed by atoms with Crippen LogP contribution in [-0.2, 0) is 6.54 Å². The molecule has 27 heavy (non-hydrogen) atoms. The number of benzene rings is 1. The van der Waals surface area contributed by atoms with E-state index in [1.807, 2.05) is 61.5 Å². The van der Waals surface area contributed by atoms with Crippen LogP contribution >= 0.6 is 0 Å². The quantitative estimate of drug-likeness (QED) is 0.603. The van der Waals surface area contributed by atoms with Crippen molar-refractivity contribution >= 4 is 16.8 Å². The molecule has 5 nitrogen and oxygen atoms in total. The van der Waals surface area contributed by atoms with Gasteiger partial charge in [-0.15, -0.1) is 0 Å². The van der Waals surface area contributed by atoms with E-state index >= 15 is 0 Å². The number of amides is 1. The molecule has 0 bridgehead atoms. The van der Waals surface area contributed by atoms with Crippen molar-refractivity contribution in [2.75, 3.05) is 0 Å². The molecule has 3 aromatic heterocycles. The molecule has 3 heterocycles. The molecule has 0 fully saturated rings. The molecule has 0 aliphatic heterocycles. The van der Waals surface area contributed by atoms with E-state index in [1.165, 1.54) is 0 Å². The number of rotatable bonds is 4. The Balaban J connectivity index is 1.75. The lowest BCUT2D eigenvalue weighted by Crippen LogP contribution is -2.23. The Labute approximate surface area is 157 Å². The highest BCUT2D eigenvalue weighted by Crippen LogP contribution is 2.25. The van der Waals surface area contributed by atoms with Crippen LogP contribution in [0.2, 0.25) is 0 Å². The fourth-order valence-corrected chi connectivity index (χ4v) is 2.97. The van der Waals surface area contributed by atoms with Gasteiger partial charge in [0.15, 0.2) is 0 Å². The van der Waals surface area contributed by atoms with E-state index in [1.54, 1.807) is 18.6 Å². The van der Waals surface area contributed by atoms with E-state index in [-0.39, 0.29) is 5.91 Å². The van der Waals surface area contributed by atoms with Crippen molar-refractivity contribution in [2.24, 2.45) is 0 Å². The largest absolute Gasteiger partial charge is 0.346 e. The van der Waals surface area contributed by atoms with Gasteiger partial charge in [0.2, 0.25) is 0 Å². The van der Waals surface area contributed by atoms with Crippen LogP contribution < -0.4 is 5.32 Å². The van der Waals surface area contributed by atoms with Crippen LogP contribution in [0.3, 0.4) is 0 Å². The zero-order valence-electron chi connectivity index (χ0n) is 14.9. The van der Waals surface area contributed by atoms with Crippen LogP contribution in [0.4, 0.5) is 0 Å². The normalized spacial score (nSPS) is 10.7. The number of nitrogens with zero attached hydrogens (tertiary/aromatic N) is 3. The number of aromatic nitrogens is 3. The molecule has 132 valence electrons. The summed E-state index contributed by atoms with van der Waals surface area (Å²) >= 11 is 0. The predicted octanol–water partition coefficient (Wildman–Crippen LogP) is 3.93. The third-order valence-electron chi connectivity index (χ3n) is 4.34. The number of hydrogen-bond donors (Lipinski definition) is 1. The van der Waals surface area contributed by atoms with E-state index in [9.17, 15) is 4.79 Å². The lowest BCUT2D eigenvalue weighted by molar-refractivity contribution is 0.0952. The van der Waals surface area contributed by atoms with Gasteiger partial charge in [-0.2, -0.15) is 0 Å². The summed E-state index contributed by atoms with van der Waals surface area (Å²) in [6.07, 6.45) is 5.16. The number of pyridine rings is 3. The fourth-order valence-electron chi connectivity index (χ4n) is 2.97. The average molecular weight is 354 g/mol.